The summed E-state index contributed by atoms with van der Waals surface area (Å²) in [6.07, 6.45) is 0. The molecular weight excluding hydrogens is 264 g/mol. The molecule has 102 valence electrons. The zero-order valence-electron chi connectivity index (χ0n) is 10.7. The number of ether oxygens (including phenoxy) is 1. The Morgan fingerprint density at radius 1 is 1.42 bits per heavy atom. The maximum Gasteiger partial charge on any atom is 0.314 e. The Kier molecular flexibility index (Phi) is 4.12. The quantitative estimate of drug-likeness (QED) is 0.830. The summed E-state index contributed by atoms with van der Waals surface area (Å²) >= 11 is 0. The van der Waals surface area contributed by atoms with Crippen LogP contribution in [0, 0.1) is 0 Å². The summed E-state index contributed by atoms with van der Waals surface area (Å²) in [4.78, 5) is 15.4. The highest BCUT2D eigenvalue weighted by Crippen LogP contribution is 2.32. The predicted octanol–water partition coefficient (Wildman–Crippen LogP) is 2.34. The Morgan fingerprint density at radius 3 is 3.00 bits per heavy atom. The molecule has 1 aromatic heterocycles. The monoisotopic (exact) mass is 280 g/mol. The number of fused-ring (bicyclic) bond motifs is 3. The largest absolute Gasteiger partial charge is 0.465 e. The minimum Gasteiger partial charge on any atom is -0.465 e. The van der Waals surface area contributed by atoms with Gasteiger partial charge in [0.25, 0.3) is 0 Å². The van der Waals surface area contributed by atoms with E-state index >= 15 is 0 Å². The summed E-state index contributed by atoms with van der Waals surface area (Å²) in [7, 11) is 0. The number of benzene rings is 1. The number of hydrogen-bond donors (Lipinski definition) is 2. The van der Waals surface area contributed by atoms with Gasteiger partial charge < -0.3 is 15.0 Å². The zero-order chi connectivity index (χ0) is 12.5. The average molecular weight is 281 g/mol. The highest BCUT2D eigenvalue weighted by molar-refractivity contribution is 5.91. The van der Waals surface area contributed by atoms with Crippen molar-refractivity contribution in [3.05, 3.63) is 35.5 Å². The molecule has 5 heteroatoms. The third-order valence-corrected chi connectivity index (χ3v) is 3.40. The normalized spacial score (nSPS) is 17.6. The van der Waals surface area contributed by atoms with Crippen molar-refractivity contribution in [3.8, 4) is 0 Å². The molecule has 4 nitrogen and oxygen atoms in total. The SMILES string of the molecule is CCOC(=O)C1CNCc2[nH]c3ccccc3c21.Cl. The predicted molar refractivity (Wildman–Crippen MR) is 76.6 cm³/mol. The highest BCUT2D eigenvalue weighted by atomic mass is 35.5. The van der Waals surface area contributed by atoms with Crippen molar-refractivity contribution in [2.45, 2.75) is 19.4 Å². The number of aromatic nitrogens is 1. The molecule has 1 atom stereocenters. The first-order valence-electron chi connectivity index (χ1n) is 6.28. The molecule has 19 heavy (non-hydrogen) atoms. The van der Waals surface area contributed by atoms with Crippen LogP contribution in [0.3, 0.4) is 0 Å². The molecule has 1 aliphatic heterocycles. The smallest absolute Gasteiger partial charge is 0.314 e. The number of H-pyrrole nitrogens is 1. The van der Waals surface area contributed by atoms with Gasteiger partial charge in [-0.3, -0.25) is 4.79 Å². The van der Waals surface area contributed by atoms with Gasteiger partial charge in [-0.25, -0.2) is 0 Å². The van der Waals surface area contributed by atoms with E-state index in [4.69, 9.17) is 4.74 Å². The van der Waals surface area contributed by atoms with Crippen molar-refractivity contribution in [1.82, 2.24) is 10.3 Å². The van der Waals surface area contributed by atoms with Crippen molar-refractivity contribution in [2.24, 2.45) is 0 Å². The van der Waals surface area contributed by atoms with Gasteiger partial charge in [0.1, 0.15) is 0 Å². The summed E-state index contributed by atoms with van der Waals surface area (Å²) in [5.41, 5.74) is 3.28. The number of para-hydroxylation sites is 1. The van der Waals surface area contributed by atoms with Crippen molar-refractivity contribution in [1.29, 1.82) is 0 Å². The number of carbonyl (C=O) groups is 1. The molecule has 0 spiro atoms. The fourth-order valence-electron chi connectivity index (χ4n) is 2.64. The van der Waals surface area contributed by atoms with E-state index in [0.717, 1.165) is 28.7 Å². The van der Waals surface area contributed by atoms with E-state index in [1.165, 1.54) is 0 Å². The van der Waals surface area contributed by atoms with Crippen LogP contribution in [0.25, 0.3) is 10.9 Å². The van der Waals surface area contributed by atoms with E-state index < -0.39 is 0 Å². The van der Waals surface area contributed by atoms with Crippen molar-refractivity contribution in [2.75, 3.05) is 13.2 Å². The van der Waals surface area contributed by atoms with Crippen LogP contribution in [-0.4, -0.2) is 24.1 Å². The summed E-state index contributed by atoms with van der Waals surface area (Å²) in [5.74, 6) is -0.347. The lowest BCUT2D eigenvalue weighted by Crippen LogP contribution is -2.33. The number of rotatable bonds is 2. The lowest BCUT2D eigenvalue weighted by Gasteiger charge is -2.22. The lowest BCUT2D eigenvalue weighted by molar-refractivity contribution is -0.145. The van der Waals surface area contributed by atoms with E-state index in [2.05, 4.69) is 16.4 Å². The first-order chi connectivity index (χ1) is 8.81. The topological polar surface area (TPSA) is 54.1 Å². The summed E-state index contributed by atoms with van der Waals surface area (Å²) in [6.45, 7) is 3.69. The molecule has 2 heterocycles. The van der Waals surface area contributed by atoms with Crippen LogP contribution < -0.4 is 5.32 Å². The van der Waals surface area contributed by atoms with Crippen molar-refractivity contribution in [3.63, 3.8) is 0 Å². The van der Waals surface area contributed by atoms with Gasteiger partial charge >= 0.3 is 5.97 Å². The van der Waals surface area contributed by atoms with Crippen LogP contribution in [0.4, 0.5) is 0 Å². The van der Waals surface area contributed by atoms with E-state index in [9.17, 15) is 4.79 Å². The summed E-state index contributed by atoms with van der Waals surface area (Å²) < 4.78 is 5.16. The summed E-state index contributed by atoms with van der Waals surface area (Å²) in [6, 6.07) is 8.09. The van der Waals surface area contributed by atoms with Crippen LogP contribution in [0.1, 0.15) is 24.1 Å². The van der Waals surface area contributed by atoms with Gasteiger partial charge in [-0.1, -0.05) is 18.2 Å². The molecule has 1 unspecified atom stereocenters. The highest BCUT2D eigenvalue weighted by Gasteiger charge is 2.30. The molecule has 2 aromatic rings. The fraction of sp³-hybridized carbons (Fsp3) is 0.357. The molecule has 0 amide bonds. The Morgan fingerprint density at radius 2 is 2.21 bits per heavy atom. The molecule has 1 aromatic carbocycles. The maximum absolute atomic E-state index is 12.0. The number of hydrogen-bond acceptors (Lipinski definition) is 3. The molecule has 0 radical (unpaired) electrons. The van der Waals surface area contributed by atoms with Crippen molar-refractivity contribution >= 4 is 29.3 Å². The number of carbonyl (C=O) groups excluding carboxylic acids is 1. The van der Waals surface area contributed by atoms with Gasteiger partial charge in [0.2, 0.25) is 0 Å². The van der Waals surface area contributed by atoms with Crippen LogP contribution in [0.5, 0.6) is 0 Å². The lowest BCUT2D eigenvalue weighted by atomic mass is 9.93. The molecule has 3 rings (SSSR count). The third-order valence-electron chi connectivity index (χ3n) is 3.40. The van der Waals surface area contributed by atoms with Gasteiger partial charge in [0, 0.05) is 29.7 Å². The minimum atomic E-state index is -0.204. The van der Waals surface area contributed by atoms with Gasteiger partial charge in [-0.2, -0.15) is 0 Å². The van der Waals surface area contributed by atoms with Crippen LogP contribution in [-0.2, 0) is 16.1 Å². The minimum absolute atomic E-state index is 0. The van der Waals surface area contributed by atoms with E-state index in [0.29, 0.717) is 13.2 Å². The van der Waals surface area contributed by atoms with Crippen molar-refractivity contribution < 1.29 is 9.53 Å². The number of halogens is 1. The third kappa shape index (κ3) is 2.33. The van der Waals surface area contributed by atoms with E-state index in [-0.39, 0.29) is 24.3 Å². The summed E-state index contributed by atoms with van der Waals surface area (Å²) in [5, 5.41) is 4.39. The molecule has 0 fully saturated rings. The standard InChI is InChI=1S/C14H16N2O2.ClH/c1-2-18-14(17)10-7-15-8-12-13(10)9-5-3-4-6-11(9)16-12;/h3-6,10,15-16H,2,7-8H2,1H3;1H. The van der Waals surface area contributed by atoms with Gasteiger partial charge in [0.05, 0.1) is 12.5 Å². The van der Waals surface area contributed by atoms with E-state index in [1.54, 1.807) is 0 Å². The Labute approximate surface area is 117 Å². The van der Waals surface area contributed by atoms with Gasteiger partial charge in [-0.05, 0) is 18.6 Å². The fourth-order valence-corrected chi connectivity index (χ4v) is 2.64. The second kappa shape index (κ2) is 5.63. The van der Waals surface area contributed by atoms with Gasteiger partial charge in [0.15, 0.2) is 0 Å². The zero-order valence-corrected chi connectivity index (χ0v) is 11.5. The number of aromatic amines is 1. The average Bonchev–Trinajstić information content (AvgIpc) is 2.77. The molecule has 0 saturated carbocycles. The Balaban J connectivity index is 0.00000133. The Bertz CT molecular complexity index is 594. The number of nitrogens with one attached hydrogen (secondary N) is 2. The first-order valence-corrected chi connectivity index (χ1v) is 6.28. The Hall–Kier alpha value is -1.52. The molecule has 0 bridgehead atoms. The number of esters is 1. The van der Waals surface area contributed by atoms with Gasteiger partial charge in [-0.15, -0.1) is 12.4 Å². The maximum atomic E-state index is 12.0. The van der Waals surface area contributed by atoms with E-state index in [1.807, 2.05) is 25.1 Å². The molecule has 2 N–H and O–H groups in total. The first kappa shape index (κ1) is 13.9. The molecule has 0 saturated heterocycles. The van der Waals surface area contributed by atoms with Crippen LogP contribution >= 0.6 is 12.4 Å². The van der Waals surface area contributed by atoms with Crippen LogP contribution in [0.2, 0.25) is 0 Å². The van der Waals surface area contributed by atoms with Crippen LogP contribution in [0.15, 0.2) is 24.3 Å². The second-order valence-corrected chi connectivity index (χ2v) is 4.50. The molecule has 1 aliphatic rings. The second-order valence-electron chi connectivity index (χ2n) is 4.50. The molecule has 0 aliphatic carbocycles. The molecular formula is C14H17ClN2O2.